The highest BCUT2D eigenvalue weighted by molar-refractivity contribution is 7.89. The van der Waals surface area contributed by atoms with Crippen molar-refractivity contribution >= 4 is 27.2 Å². The minimum Gasteiger partial charge on any atom is -0.393 e. The lowest BCUT2D eigenvalue weighted by Gasteiger charge is -2.23. The van der Waals surface area contributed by atoms with Crippen LogP contribution in [-0.2, 0) is 10.0 Å². The highest BCUT2D eigenvalue weighted by Crippen LogP contribution is 2.19. The number of nitrogens with two attached hydrogens (primary N) is 1. The van der Waals surface area contributed by atoms with Gasteiger partial charge in [-0.1, -0.05) is 43.8 Å². The number of hydrogen-bond donors (Lipinski definition) is 2. The number of thiocarbonyl (C=S) groups is 1. The van der Waals surface area contributed by atoms with E-state index in [2.05, 4.69) is 4.72 Å². The molecule has 4 nitrogen and oxygen atoms in total. The maximum absolute atomic E-state index is 12.2. The fourth-order valence-electron chi connectivity index (χ4n) is 1.54. The summed E-state index contributed by atoms with van der Waals surface area (Å²) >= 11 is 4.92. The van der Waals surface area contributed by atoms with E-state index in [4.69, 9.17) is 18.0 Å². The minimum absolute atomic E-state index is 0.179. The third kappa shape index (κ3) is 3.99. The van der Waals surface area contributed by atoms with Crippen LogP contribution >= 0.6 is 12.2 Å². The third-order valence-electron chi connectivity index (χ3n) is 2.99. The van der Waals surface area contributed by atoms with Gasteiger partial charge in [0, 0.05) is 12.0 Å². The molecular formula is C13H20N2O2S2. The molecule has 1 rings (SSSR count). The molecule has 0 unspecified atom stereocenters. The number of rotatable bonds is 5. The summed E-state index contributed by atoms with van der Waals surface area (Å²) in [6.45, 7) is 7.49. The monoisotopic (exact) mass is 300 g/mol. The average Bonchev–Trinajstić information content (AvgIpc) is 2.26. The summed E-state index contributed by atoms with van der Waals surface area (Å²) in [5, 5.41) is 0. The van der Waals surface area contributed by atoms with Gasteiger partial charge < -0.3 is 5.73 Å². The van der Waals surface area contributed by atoms with Gasteiger partial charge in [0.25, 0.3) is 0 Å². The number of sulfonamides is 1. The Balaban J connectivity index is 2.97. The number of hydrogen-bond acceptors (Lipinski definition) is 3. The topological polar surface area (TPSA) is 72.2 Å². The van der Waals surface area contributed by atoms with Gasteiger partial charge >= 0.3 is 0 Å². The zero-order chi connectivity index (χ0) is 14.8. The van der Waals surface area contributed by atoms with Crippen LogP contribution in [0.15, 0.2) is 23.1 Å². The van der Waals surface area contributed by atoms with Gasteiger partial charge in [0.1, 0.15) is 0 Å². The maximum Gasteiger partial charge on any atom is 0.240 e. The molecule has 0 saturated heterocycles. The Morgan fingerprint density at radius 3 is 2.42 bits per heavy atom. The maximum atomic E-state index is 12.2. The standard InChI is InChI=1S/C13H20N2O2S2/c1-9-5-6-11(10(2)7-9)19(16,17)15-8-13(3,4)12(14)18/h5-7,15H,8H2,1-4H3,(H2,14,18). The SMILES string of the molecule is Cc1ccc(S(=O)(=O)NCC(C)(C)C(N)=S)c(C)c1. The molecule has 106 valence electrons. The number of benzene rings is 1. The van der Waals surface area contributed by atoms with Crippen LogP contribution in [0.4, 0.5) is 0 Å². The molecule has 6 heteroatoms. The molecule has 0 aliphatic carbocycles. The molecule has 0 aromatic heterocycles. The highest BCUT2D eigenvalue weighted by Gasteiger charge is 2.25. The molecule has 1 aromatic rings. The summed E-state index contributed by atoms with van der Waals surface area (Å²) in [7, 11) is -3.54. The molecule has 0 bridgehead atoms. The first kappa shape index (κ1) is 16.1. The van der Waals surface area contributed by atoms with Crippen molar-refractivity contribution in [3.8, 4) is 0 Å². The van der Waals surface area contributed by atoms with Crippen molar-refractivity contribution in [1.82, 2.24) is 4.72 Å². The third-order valence-corrected chi connectivity index (χ3v) is 5.11. The van der Waals surface area contributed by atoms with Crippen molar-refractivity contribution in [1.29, 1.82) is 0 Å². The van der Waals surface area contributed by atoms with Crippen LogP contribution < -0.4 is 10.5 Å². The largest absolute Gasteiger partial charge is 0.393 e. The molecule has 3 N–H and O–H groups in total. The van der Waals surface area contributed by atoms with Gasteiger partial charge in [0.15, 0.2) is 0 Å². The fourth-order valence-corrected chi connectivity index (χ4v) is 3.05. The van der Waals surface area contributed by atoms with E-state index in [0.717, 1.165) is 11.1 Å². The zero-order valence-electron chi connectivity index (χ0n) is 11.6. The molecule has 0 heterocycles. The van der Waals surface area contributed by atoms with Crippen molar-refractivity contribution < 1.29 is 8.42 Å². The molecule has 0 amide bonds. The summed E-state index contributed by atoms with van der Waals surface area (Å²) in [6.07, 6.45) is 0. The van der Waals surface area contributed by atoms with Crippen LogP contribution in [-0.4, -0.2) is 20.0 Å². The zero-order valence-corrected chi connectivity index (χ0v) is 13.3. The van der Waals surface area contributed by atoms with Crippen molar-refractivity contribution in [3.63, 3.8) is 0 Å². The van der Waals surface area contributed by atoms with E-state index in [1.54, 1.807) is 32.9 Å². The smallest absolute Gasteiger partial charge is 0.240 e. The summed E-state index contributed by atoms with van der Waals surface area (Å²) in [5.74, 6) is 0. The lowest BCUT2D eigenvalue weighted by Crippen LogP contribution is -2.41. The Bertz CT molecular complexity index is 593. The Hall–Kier alpha value is -0.980. The van der Waals surface area contributed by atoms with Crippen LogP contribution in [0.3, 0.4) is 0 Å². The average molecular weight is 300 g/mol. The van der Waals surface area contributed by atoms with E-state index < -0.39 is 15.4 Å². The first-order valence-corrected chi connectivity index (χ1v) is 7.82. The lowest BCUT2D eigenvalue weighted by molar-refractivity contribution is 0.501. The number of nitrogens with one attached hydrogen (secondary N) is 1. The van der Waals surface area contributed by atoms with E-state index in [1.807, 2.05) is 13.0 Å². The number of aryl methyl sites for hydroxylation is 2. The second-order valence-corrected chi connectivity index (χ2v) is 7.52. The molecule has 1 aromatic carbocycles. The first-order valence-electron chi connectivity index (χ1n) is 5.93. The predicted molar refractivity (Wildman–Crippen MR) is 81.7 cm³/mol. The molecule has 0 fully saturated rings. The Labute approximate surface area is 120 Å². The van der Waals surface area contributed by atoms with Crippen LogP contribution in [0.5, 0.6) is 0 Å². The molecule has 0 atom stereocenters. The summed E-state index contributed by atoms with van der Waals surface area (Å²) in [6, 6.07) is 5.23. The van der Waals surface area contributed by atoms with Gasteiger partial charge in [-0.05, 0) is 25.5 Å². The lowest BCUT2D eigenvalue weighted by atomic mass is 9.94. The Kier molecular flexibility index (Phi) is 4.71. The van der Waals surface area contributed by atoms with Crippen molar-refractivity contribution in [2.75, 3.05) is 6.54 Å². The normalized spacial score (nSPS) is 12.4. The van der Waals surface area contributed by atoms with Crippen molar-refractivity contribution in [2.24, 2.45) is 11.1 Å². The van der Waals surface area contributed by atoms with Gasteiger partial charge in [0.2, 0.25) is 10.0 Å². The Morgan fingerprint density at radius 2 is 1.95 bits per heavy atom. The second-order valence-electron chi connectivity index (χ2n) is 5.34. The predicted octanol–water partition coefficient (Wildman–Crippen LogP) is 1.89. The van der Waals surface area contributed by atoms with E-state index in [0.29, 0.717) is 0 Å². The summed E-state index contributed by atoms with van der Waals surface area (Å²) < 4.78 is 27.0. The quantitative estimate of drug-likeness (QED) is 0.815. The van der Waals surface area contributed by atoms with E-state index in [1.165, 1.54) is 0 Å². The molecule has 19 heavy (non-hydrogen) atoms. The van der Waals surface area contributed by atoms with Gasteiger partial charge in [-0.25, -0.2) is 13.1 Å². The van der Waals surface area contributed by atoms with Crippen LogP contribution in [0.25, 0.3) is 0 Å². The van der Waals surface area contributed by atoms with Crippen LogP contribution in [0.1, 0.15) is 25.0 Å². The Morgan fingerprint density at radius 1 is 1.37 bits per heavy atom. The van der Waals surface area contributed by atoms with Crippen LogP contribution in [0.2, 0.25) is 0 Å². The molecule has 0 saturated carbocycles. The van der Waals surface area contributed by atoms with Gasteiger partial charge in [-0.2, -0.15) is 0 Å². The van der Waals surface area contributed by atoms with Gasteiger partial charge in [-0.3, -0.25) is 0 Å². The highest BCUT2D eigenvalue weighted by atomic mass is 32.2. The van der Waals surface area contributed by atoms with E-state index >= 15 is 0 Å². The van der Waals surface area contributed by atoms with Crippen molar-refractivity contribution in [2.45, 2.75) is 32.6 Å². The molecule has 0 spiro atoms. The van der Waals surface area contributed by atoms with E-state index in [9.17, 15) is 8.42 Å². The van der Waals surface area contributed by atoms with Crippen LogP contribution in [0, 0.1) is 19.3 Å². The molecule has 0 radical (unpaired) electrons. The summed E-state index contributed by atoms with van der Waals surface area (Å²) in [5.41, 5.74) is 6.78. The minimum atomic E-state index is -3.54. The first-order chi connectivity index (χ1) is 8.56. The summed E-state index contributed by atoms with van der Waals surface area (Å²) in [4.78, 5) is 0.577. The van der Waals surface area contributed by atoms with Crippen molar-refractivity contribution in [3.05, 3.63) is 29.3 Å². The van der Waals surface area contributed by atoms with Gasteiger partial charge in [-0.15, -0.1) is 0 Å². The van der Waals surface area contributed by atoms with E-state index in [-0.39, 0.29) is 16.4 Å². The molecule has 0 aliphatic rings. The second kappa shape index (κ2) is 5.56. The fraction of sp³-hybridized carbons (Fsp3) is 0.462. The molecule has 0 aliphatic heterocycles. The van der Waals surface area contributed by atoms with Gasteiger partial charge in [0.05, 0.1) is 9.88 Å². The molecular weight excluding hydrogens is 280 g/mol.